The Kier molecular flexibility index (Phi) is 4.69. The molecule has 7 heteroatoms. The fourth-order valence-electron chi connectivity index (χ4n) is 4.08. The first-order valence-electron chi connectivity index (χ1n) is 10.1. The smallest absolute Gasteiger partial charge is 0.252 e. The van der Waals surface area contributed by atoms with Crippen molar-refractivity contribution >= 4 is 25.3 Å². The van der Waals surface area contributed by atoms with E-state index in [0.29, 0.717) is 8.58 Å². The lowest BCUT2D eigenvalue weighted by Crippen LogP contribution is -2.35. The van der Waals surface area contributed by atoms with E-state index in [2.05, 4.69) is 41.5 Å². The minimum absolute atomic E-state index is 0.0298. The van der Waals surface area contributed by atoms with Gasteiger partial charge in [-0.3, -0.25) is 9.78 Å². The number of carbonyl (C=O) groups excluding carboxylic acids is 1. The van der Waals surface area contributed by atoms with Crippen molar-refractivity contribution in [3.8, 4) is 0 Å². The number of hydrogen-bond donors (Lipinski definition) is 1. The van der Waals surface area contributed by atoms with E-state index in [1.165, 1.54) is 5.57 Å². The van der Waals surface area contributed by atoms with Crippen LogP contribution in [-0.4, -0.2) is 44.3 Å². The van der Waals surface area contributed by atoms with Crippen LogP contribution in [0.5, 0.6) is 0 Å². The number of rotatable bonds is 3. The van der Waals surface area contributed by atoms with E-state index in [1.54, 1.807) is 6.08 Å². The van der Waals surface area contributed by atoms with Gasteiger partial charge in [0, 0.05) is 24.1 Å². The van der Waals surface area contributed by atoms with Gasteiger partial charge in [0.05, 0.1) is 34.6 Å². The lowest BCUT2D eigenvalue weighted by atomic mass is 9.99. The molecule has 0 saturated carbocycles. The van der Waals surface area contributed by atoms with E-state index in [1.807, 2.05) is 28.7 Å². The molecule has 5 heterocycles. The van der Waals surface area contributed by atoms with Gasteiger partial charge < -0.3 is 10.2 Å². The molecule has 148 valence electrons. The number of aromatic nitrogens is 3. The molecule has 1 amide bonds. The Morgan fingerprint density at radius 2 is 2.28 bits per heavy atom. The fourth-order valence-corrected chi connectivity index (χ4v) is 5.41. The van der Waals surface area contributed by atoms with Crippen molar-refractivity contribution < 1.29 is 4.79 Å². The number of amides is 1. The molecule has 2 atom stereocenters. The van der Waals surface area contributed by atoms with Gasteiger partial charge in [-0.15, -0.1) is 0 Å². The normalized spacial score (nSPS) is 22.6. The molecule has 2 aromatic heterocycles. The minimum Gasteiger partial charge on any atom is -0.313 e. The van der Waals surface area contributed by atoms with Gasteiger partial charge in [-0.1, -0.05) is 33.7 Å². The van der Waals surface area contributed by atoms with Crippen molar-refractivity contribution in [1.29, 1.82) is 0 Å². The molecule has 0 bridgehead atoms. The Morgan fingerprint density at radius 3 is 3.07 bits per heavy atom. The number of allylic oxidation sites excluding steroid dienone is 2. The zero-order valence-electron chi connectivity index (χ0n) is 16.6. The van der Waals surface area contributed by atoms with Crippen LogP contribution >= 0.6 is 8.58 Å². The zero-order valence-corrected chi connectivity index (χ0v) is 17.6. The van der Waals surface area contributed by atoms with Gasteiger partial charge in [0.15, 0.2) is 0 Å². The fraction of sp³-hybridized carbons (Fsp3) is 0.318. The lowest BCUT2D eigenvalue weighted by molar-refractivity contribution is -0.123. The summed E-state index contributed by atoms with van der Waals surface area (Å²) in [5, 5.41) is 9.11. The van der Waals surface area contributed by atoms with Gasteiger partial charge in [0.2, 0.25) is 0 Å². The van der Waals surface area contributed by atoms with E-state index >= 15 is 0 Å². The Labute approximate surface area is 171 Å². The first kappa shape index (κ1) is 18.5. The van der Waals surface area contributed by atoms with E-state index in [4.69, 9.17) is 5.10 Å². The van der Waals surface area contributed by atoms with Crippen molar-refractivity contribution in [3.05, 3.63) is 71.0 Å². The van der Waals surface area contributed by atoms with Gasteiger partial charge in [-0.05, 0) is 43.5 Å². The summed E-state index contributed by atoms with van der Waals surface area (Å²) in [5.74, 6) is 0.103. The maximum Gasteiger partial charge on any atom is 0.252 e. The van der Waals surface area contributed by atoms with E-state index in [0.717, 1.165) is 59.4 Å². The number of nitrogens with one attached hydrogen (secondary N) is 1. The average Bonchev–Trinajstić information content (AvgIpc) is 3.17. The highest BCUT2D eigenvalue weighted by Crippen LogP contribution is 2.44. The van der Waals surface area contributed by atoms with Gasteiger partial charge in [-0.2, -0.15) is 5.10 Å². The summed E-state index contributed by atoms with van der Waals surface area (Å²) in [6.45, 7) is 5.97. The third-order valence-electron chi connectivity index (χ3n) is 5.56. The molecule has 29 heavy (non-hydrogen) atoms. The number of carbonyl (C=O) groups is 1. The molecule has 6 nitrogen and oxygen atoms in total. The molecule has 0 spiro atoms. The largest absolute Gasteiger partial charge is 0.313 e. The molecule has 3 aliphatic heterocycles. The molecule has 0 fully saturated rings. The number of fused-ring (bicyclic) bond motifs is 2. The second-order valence-electron chi connectivity index (χ2n) is 7.56. The van der Waals surface area contributed by atoms with Crippen LogP contribution in [0.1, 0.15) is 30.4 Å². The maximum absolute atomic E-state index is 12.9. The summed E-state index contributed by atoms with van der Waals surface area (Å²) >= 11 is 0. The third kappa shape index (κ3) is 3.37. The topological polar surface area (TPSA) is 62.5 Å². The second kappa shape index (κ2) is 7.36. The number of hydrogen-bond acceptors (Lipinski definition) is 4. The summed E-state index contributed by atoms with van der Waals surface area (Å²) in [4.78, 5) is 19.4. The summed E-state index contributed by atoms with van der Waals surface area (Å²) in [6.07, 6.45) is 14.1. The quantitative estimate of drug-likeness (QED) is 0.797. The highest BCUT2D eigenvalue weighted by molar-refractivity contribution is 7.51. The molecule has 1 N–H and O–H groups in total. The van der Waals surface area contributed by atoms with Gasteiger partial charge in [0.1, 0.15) is 0 Å². The highest BCUT2D eigenvalue weighted by Gasteiger charge is 2.30. The van der Waals surface area contributed by atoms with Crippen molar-refractivity contribution in [2.75, 3.05) is 13.1 Å². The van der Waals surface area contributed by atoms with Crippen LogP contribution in [0.2, 0.25) is 0 Å². The molecule has 5 rings (SSSR count). The first-order chi connectivity index (χ1) is 14.1. The summed E-state index contributed by atoms with van der Waals surface area (Å²) in [6, 6.07) is 2.07. The Bertz CT molecular complexity index is 1120. The van der Waals surface area contributed by atoms with Crippen molar-refractivity contribution in [2.45, 2.75) is 32.5 Å². The molecular formula is C22H24N5OP. The predicted octanol–water partition coefficient (Wildman–Crippen LogP) is 3.16. The standard InChI is InChI=1S/C22H24N5OP/c1-3-17-19-10-18(25-27(19)12-14(2)24-17)20-11-21(28)26-13-16(4-5-22(26)29-20)15-6-8-23-9-7-15/h4-6,10-13,22-23,29H,3,7-9H2,1-2H3. The Morgan fingerprint density at radius 1 is 1.38 bits per heavy atom. The SMILES string of the molecule is CCc1nc(C)cn2nc(C3=CC(=O)N4C=C(C5=CCNCC5)C=CC4P3)cc12. The number of aryl methyl sites for hydroxylation is 2. The van der Waals surface area contributed by atoms with Crippen LogP contribution in [0.15, 0.2) is 53.9 Å². The lowest BCUT2D eigenvalue weighted by Gasteiger charge is -2.34. The third-order valence-corrected chi connectivity index (χ3v) is 7.04. The van der Waals surface area contributed by atoms with Gasteiger partial charge in [-0.25, -0.2) is 4.52 Å². The van der Waals surface area contributed by atoms with Crippen molar-refractivity contribution in [2.24, 2.45) is 0 Å². The van der Waals surface area contributed by atoms with Crippen LogP contribution in [0.25, 0.3) is 10.8 Å². The summed E-state index contributed by atoms with van der Waals surface area (Å²) < 4.78 is 1.90. The predicted molar refractivity (Wildman–Crippen MR) is 117 cm³/mol. The highest BCUT2D eigenvalue weighted by atomic mass is 31.1. The first-order valence-corrected chi connectivity index (χ1v) is 11.2. The summed E-state index contributed by atoms with van der Waals surface area (Å²) in [5.41, 5.74) is 6.36. The van der Waals surface area contributed by atoms with Crippen LogP contribution in [0, 0.1) is 6.92 Å². The van der Waals surface area contributed by atoms with Crippen LogP contribution in [-0.2, 0) is 11.2 Å². The minimum atomic E-state index is 0.0298. The summed E-state index contributed by atoms with van der Waals surface area (Å²) in [7, 11) is 0.471. The molecule has 0 aromatic carbocycles. The van der Waals surface area contributed by atoms with Crippen LogP contribution in [0.3, 0.4) is 0 Å². The maximum atomic E-state index is 12.9. The van der Waals surface area contributed by atoms with Crippen molar-refractivity contribution in [1.82, 2.24) is 24.8 Å². The molecule has 3 aliphatic rings. The van der Waals surface area contributed by atoms with E-state index in [9.17, 15) is 4.79 Å². The molecule has 2 unspecified atom stereocenters. The molecule has 2 aromatic rings. The Balaban J connectivity index is 1.47. The van der Waals surface area contributed by atoms with Crippen LogP contribution < -0.4 is 5.32 Å². The van der Waals surface area contributed by atoms with Gasteiger partial charge in [0.25, 0.3) is 5.91 Å². The second-order valence-corrected chi connectivity index (χ2v) is 8.98. The van der Waals surface area contributed by atoms with E-state index < -0.39 is 0 Å². The molecule has 0 aliphatic carbocycles. The number of nitrogens with zero attached hydrogens (tertiary/aromatic N) is 4. The monoisotopic (exact) mass is 405 g/mol. The van der Waals surface area contributed by atoms with Crippen molar-refractivity contribution in [3.63, 3.8) is 0 Å². The average molecular weight is 405 g/mol. The molecule has 0 radical (unpaired) electrons. The molecular weight excluding hydrogens is 381 g/mol. The molecule has 0 saturated heterocycles. The van der Waals surface area contributed by atoms with E-state index in [-0.39, 0.29) is 11.7 Å². The van der Waals surface area contributed by atoms with Gasteiger partial charge >= 0.3 is 0 Å². The van der Waals surface area contributed by atoms with Crippen LogP contribution in [0.4, 0.5) is 0 Å². The Hall–Kier alpha value is -2.56. The zero-order chi connectivity index (χ0) is 20.0.